The van der Waals surface area contributed by atoms with Crippen molar-refractivity contribution in [3.63, 3.8) is 0 Å². The molecule has 18 heavy (non-hydrogen) atoms. The third-order valence-electron chi connectivity index (χ3n) is 2.07. The first-order valence-corrected chi connectivity index (χ1v) is 6.98. The molecule has 2 rings (SSSR count). The Bertz CT molecular complexity index is 703. The van der Waals surface area contributed by atoms with Gasteiger partial charge in [-0.15, -0.1) is 5.10 Å². The first kappa shape index (κ1) is 12.5. The molecule has 0 saturated carbocycles. The van der Waals surface area contributed by atoms with Crippen LogP contribution in [0.15, 0.2) is 16.9 Å². The first-order chi connectivity index (χ1) is 8.46. The molecule has 9 nitrogen and oxygen atoms in total. The number of nitrogens with zero attached hydrogens (tertiary/aromatic N) is 3. The number of aromatic nitrogens is 4. The van der Waals surface area contributed by atoms with Crippen LogP contribution >= 0.6 is 0 Å². The zero-order chi connectivity index (χ0) is 13.2. The Morgan fingerprint density at radius 2 is 2.17 bits per heavy atom. The lowest BCUT2D eigenvalue weighted by atomic mass is 10.5. The van der Waals surface area contributed by atoms with Gasteiger partial charge in [-0.2, -0.15) is 9.61 Å². The Balaban J connectivity index is 2.00. The summed E-state index contributed by atoms with van der Waals surface area (Å²) in [5.41, 5.74) is -0.0114. The van der Waals surface area contributed by atoms with E-state index in [1.54, 1.807) is 12.1 Å². The predicted octanol–water partition coefficient (Wildman–Crippen LogP) is -1.62. The Morgan fingerprint density at radius 1 is 1.39 bits per heavy atom. The normalized spacial score (nSPS) is 11.8. The van der Waals surface area contributed by atoms with Crippen LogP contribution in [-0.4, -0.2) is 47.6 Å². The van der Waals surface area contributed by atoms with Crippen molar-refractivity contribution < 1.29 is 8.42 Å². The number of fused-ring (bicyclic) bond motifs is 1. The Hall–Kier alpha value is -1.94. The van der Waals surface area contributed by atoms with Gasteiger partial charge >= 0.3 is 5.69 Å². The van der Waals surface area contributed by atoms with E-state index >= 15 is 0 Å². The number of aromatic amines is 1. The van der Waals surface area contributed by atoms with E-state index in [1.165, 1.54) is 0 Å². The zero-order valence-electron chi connectivity index (χ0n) is 9.54. The number of sulfonamides is 1. The van der Waals surface area contributed by atoms with Crippen molar-refractivity contribution in [2.45, 2.75) is 0 Å². The SMILES string of the molecule is CS(=O)(=O)NCCNc1ccc2n[nH]c(=O)n2n1. The summed E-state index contributed by atoms with van der Waals surface area (Å²) >= 11 is 0. The number of hydrogen-bond donors (Lipinski definition) is 3. The van der Waals surface area contributed by atoms with E-state index in [4.69, 9.17) is 0 Å². The average Bonchev–Trinajstić information content (AvgIpc) is 2.65. The van der Waals surface area contributed by atoms with Crippen LogP contribution in [0, 0.1) is 0 Å². The number of rotatable bonds is 5. The Kier molecular flexibility index (Phi) is 3.30. The minimum Gasteiger partial charge on any atom is -0.367 e. The summed E-state index contributed by atoms with van der Waals surface area (Å²) in [7, 11) is -3.19. The number of hydrogen-bond acceptors (Lipinski definition) is 6. The molecule has 3 N–H and O–H groups in total. The van der Waals surface area contributed by atoms with E-state index in [0.717, 1.165) is 10.8 Å². The van der Waals surface area contributed by atoms with Gasteiger partial charge in [0.1, 0.15) is 5.82 Å². The third kappa shape index (κ3) is 3.05. The standard InChI is InChI=1S/C8H12N6O3S/c1-18(16,17)10-5-4-9-6-2-3-7-11-12-8(15)14(7)13-6/h2-3,10H,4-5H2,1H3,(H,9,13)(H,12,15). The maximum atomic E-state index is 11.3. The van der Waals surface area contributed by atoms with Gasteiger partial charge in [-0.05, 0) is 12.1 Å². The van der Waals surface area contributed by atoms with Gasteiger partial charge < -0.3 is 5.32 Å². The quantitative estimate of drug-likeness (QED) is 0.562. The van der Waals surface area contributed by atoms with Gasteiger partial charge in [0.25, 0.3) is 0 Å². The molecule has 0 amide bonds. The second kappa shape index (κ2) is 4.74. The van der Waals surface area contributed by atoms with Gasteiger partial charge in [0.2, 0.25) is 10.0 Å². The monoisotopic (exact) mass is 272 g/mol. The molecule has 0 fully saturated rings. The van der Waals surface area contributed by atoms with Crippen LogP contribution in [0.5, 0.6) is 0 Å². The highest BCUT2D eigenvalue weighted by atomic mass is 32.2. The molecular formula is C8H12N6O3S. The summed E-state index contributed by atoms with van der Waals surface area (Å²) in [6.07, 6.45) is 1.09. The summed E-state index contributed by atoms with van der Waals surface area (Å²) in [4.78, 5) is 11.3. The maximum absolute atomic E-state index is 11.3. The summed E-state index contributed by atoms with van der Waals surface area (Å²) in [5, 5.41) is 12.9. The smallest absolute Gasteiger partial charge is 0.364 e. The molecule has 10 heteroatoms. The van der Waals surface area contributed by atoms with E-state index in [0.29, 0.717) is 18.0 Å². The Labute approximate surface area is 102 Å². The molecule has 0 bridgehead atoms. The van der Waals surface area contributed by atoms with Gasteiger partial charge in [-0.25, -0.2) is 23.0 Å². The van der Waals surface area contributed by atoms with Crippen LogP contribution in [0.4, 0.5) is 5.82 Å². The van der Waals surface area contributed by atoms with Crippen molar-refractivity contribution >= 4 is 21.5 Å². The maximum Gasteiger partial charge on any atom is 0.364 e. The fraction of sp³-hybridized carbons (Fsp3) is 0.375. The van der Waals surface area contributed by atoms with E-state index in [-0.39, 0.29) is 6.54 Å². The molecule has 0 aromatic carbocycles. The molecule has 0 atom stereocenters. The van der Waals surface area contributed by atoms with Crippen molar-refractivity contribution in [2.24, 2.45) is 0 Å². The highest BCUT2D eigenvalue weighted by Gasteiger charge is 2.03. The van der Waals surface area contributed by atoms with Gasteiger partial charge in [0, 0.05) is 13.1 Å². The summed E-state index contributed by atoms with van der Waals surface area (Å²) in [6.45, 7) is 0.594. The molecule has 2 aromatic rings. The topological polar surface area (TPSA) is 121 Å². The molecule has 0 spiro atoms. The van der Waals surface area contributed by atoms with Gasteiger partial charge in [-0.3, -0.25) is 0 Å². The van der Waals surface area contributed by atoms with Crippen molar-refractivity contribution in [3.05, 3.63) is 22.6 Å². The third-order valence-corrected chi connectivity index (χ3v) is 2.80. The summed E-state index contributed by atoms with van der Waals surface area (Å²) < 4.78 is 25.1. The highest BCUT2D eigenvalue weighted by molar-refractivity contribution is 7.88. The minimum atomic E-state index is -3.19. The molecule has 98 valence electrons. The van der Waals surface area contributed by atoms with Crippen LogP contribution < -0.4 is 15.7 Å². The summed E-state index contributed by atoms with van der Waals surface area (Å²) in [5.74, 6) is 0.460. The van der Waals surface area contributed by atoms with Gasteiger partial charge in [0.05, 0.1) is 6.26 Å². The van der Waals surface area contributed by atoms with Crippen LogP contribution in [0.25, 0.3) is 5.65 Å². The van der Waals surface area contributed by atoms with E-state index in [1.807, 2.05) is 0 Å². The van der Waals surface area contributed by atoms with Gasteiger partial charge in [0.15, 0.2) is 5.65 Å². The van der Waals surface area contributed by atoms with E-state index in [9.17, 15) is 13.2 Å². The van der Waals surface area contributed by atoms with E-state index < -0.39 is 15.7 Å². The number of anilines is 1. The first-order valence-electron chi connectivity index (χ1n) is 5.09. The van der Waals surface area contributed by atoms with Crippen molar-refractivity contribution in [1.29, 1.82) is 0 Å². The molecule has 0 aliphatic heterocycles. The molecule has 0 unspecified atom stereocenters. The summed E-state index contributed by atoms with van der Waals surface area (Å²) in [6, 6.07) is 3.27. The number of nitrogens with one attached hydrogen (secondary N) is 3. The minimum absolute atomic E-state index is 0.235. The number of H-pyrrole nitrogens is 1. The van der Waals surface area contributed by atoms with Crippen LogP contribution in [0.2, 0.25) is 0 Å². The molecule has 0 radical (unpaired) electrons. The lowest BCUT2D eigenvalue weighted by Crippen LogP contribution is -2.28. The Morgan fingerprint density at radius 3 is 2.89 bits per heavy atom. The second-order valence-electron chi connectivity index (χ2n) is 3.61. The average molecular weight is 272 g/mol. The fourth-order valence-electron chi connectivity index (χ4n) is 1.32. The molecule has 2 heterocycles. The largest absolute Gasteiger partial charge is 0.367 e. The molecule has 0 aliphatic rings. The van der Waals surface area contributed by atoms with Crippen LogP contribution in [0.3, 0.4) is 0 Å². The lowest BCUT2D eigenvalue weighted by molar-refractivity contribution is 0.589. The predicted molar refractivity (Wildman–Crippen MR) is 64.9 cm³/mol. The molecule has 2 aromatic heterocycles. The molecule has 0 aliphatic carbocycles. The van der Waals surface area contributed by atoms with Crippen molar-refractivity contribution in [1.82, 2.24) is 24.5 Å². The van der Waals surface area contributed by atoms with Crippen LogP contribution in [-0.2, 0) is 10.0 Å². The van der Waals surface area contributed by atoms with Crippen LogP contribution in [0.1, 0.15) is 0 Å². The fourth-order valence-corrected chi connectivity index (χ4v) is 1.80. The van der Waals surface area contributed by atoms with Gasteiger partial charge in [-0.1, -0.05) is 0 Å². The molecular weight excluding hydrogens is 260 g/mol. The van der Waals surface area contributed by atoms with Crippen molar-refractivity contribution in [3.8, 4) is 0 Å². The lowest BCUT2D eigenvalue weighted by Gasteiger charge is -2.05. The highest BCUT2D eigenvalue weighted by Crippen LogP contribution is 2.01. The zero-order valence-corrected chi connectivity index (χ0v) is 10.4. The van der Waals surface area contributed by atoms with E-state index in [2.05, 4.69) is 25.3 Å². The van der Waals surface area contributed by atoms with Crippen molar-refractivity contribution in [2.75, 3.05) is 24.7 Å². The molecule has 0 saturated heterocycles. The second-order valence-corrected chi connectivity index (χ2v) is 5.44.